The highest BCUT2D eigenvalue weighted by molar-refractivity contribution is 6.10. The minimum atomic E-state index is 0.348. The maximum atomic E-state index is 13.0. The molecule has 3 aliphatic rings. The van der Waals surface area contributed by atoms with Gasteiger partial charge in [0.15, 0.2) is 5.78 Å². The molecule has 2 heteroatoms. The Morgan fingerprint density at radius 2 is 2.00 bits per heavy atom. The number of Topliss-reactive ketones (excluding diaryl/α,β-unsaturated/α-hetero) is 1. The standard InChI is InChI=1S/C19H21NO/c1-2-10-4-3-5-13-14(9-20-18(10)13)19(21)17-15-11-6-7-12(8-11)16(15)17/h3-5,9,11-12,15-17,20H,2,6-8H2,1H3. The van der Waals surface area contributed by atoms with Crippen LogP contribution in [-0.2, 0) is 6.42 Å². The molecular formula is C19H21NO. The van der Waals surface area contributed by atoms with Crippen LogP contribution in [0.4, 0.5) is 0 Å². The van der Waals surface area contributed by atoms with Gasteiger partial charge in [0.2, 0.25) is 0 Å². The van der Waals surface area contributed by atoms with Gasteiger partial charge in [0, 0.05) is 28.6 Å². The van der Waals surface area contributed by atoms with E-state index in [0.717, 1.165) is 46.6 Å². The van der Waals surface area contributed by atoms with Gasteiger partial charge in [-0.3, -0.25) is 4.79 Å². The number of aromatic amines is 1. The lowest BCUT2D eigenvalue weighted by Gasteiger charge is -2.07. The Bertz CT molecular complexity index is 727. The number of aryl methyl sites for hydroxylation is 1. The van der Waals surface area contributed by atoms with E-state index in [-0.39, 0.29) is 0 Å². The van der Waals surface area contributed by atoms with E-state index < -0.39 is 0 Å². The van der Waals surface area contributed by atoms with Crippen LogP contribution >= 0.6 is 0 Å². The van der Waals surface area contributed by atoms with Gasteiger partial charge >= 0.3 is 0 Å². The third-order valence-electron chi connectivity index (χ3n) is 6.49. The maximum Gasteiger partial charge on any atom is 0.168 e. The highest BCUT2D eigenvalue weighted by atomic mass is 16.1. The number of H-pyrrole nitrogens is 1. The number of carbonyl (C=O) groups is 1. The zero-order valence-corrected chi connectivity index (χ0v) is 12.4. The molecule has 3 fully saturated rings. The highest BCUT2D eigenvalue weighted by Gasteiger charge is 2.67. The van der Waals surface area contributed by atoms with Crippen molar-refractivity contribution in [2.75, 3.05) is 0 Å². The van der Waals surface area contributed by atoms with Crippen LogP contribution < -0.4 is 0 Å². The lowest BCUT2D eigenvalue weighted by Crippen LogP contribution is -2.09. The Morgan fingerprint density at radius 1 is 1.24 bits per heavy atom. The molecule has 2 aromatic rings. The summed E-state index contributed by atoms with van der Waals surface area (Å²) >= 11 is 0. The quantitative estimate of drug-likeness (QED) is 0.839. The van der Waals surface area contributed by atoms with E-state index in [4.69, 9.17) is 0 Å². The first kappa shape index (κ1) is 12.0. The maximum absolute atomic E-state index is 13.0. The molecule has 5 rings (SSSR count). The summed E-state index contributed by atoms with van der Waals surface area (Å²) in [7, 11) is 0. The lowest BCUT2D eigenvalue weighted by atomic mass is 9.95. The van der Waals surface area contributed by atoms with Gasteiger partial charge in [-0.15, -0.1) is 0 Å². The molecule has 0 saturated heterocycles. The predicted octanol–water partition coefficient (Wildman–Crippen LogP) is 4.21. The number of benzene rings is 1. The number of ketones is 1. The minimum absolute atomic E-state index is 0.348. The molecule has 1 aromatic heterocycles. The summed E-state index contributed by atoms with van der Waals surface area (Å²) in [5, 5.41) is 1.14. The summed E-state index contributed by atoms with van der Waals surface area (Å²) < 4.78 is 0. The Morgan fingerprint density at radius 3 is 2.71 bits per heavy atom. The summed E-state index contributed by atoms with van der Waals surface area (Å²) in [5.41, 5.74) is 3.42. The van der Waals surface area contributed by atoms with Crippen LogP contribution in [0.2, 0.25) is 0 Å². The molecule has 0 spiro atoms. The van der Waals surface area contributed by atoms with Gasteiger partial charge < -0.3 is 4.98 Å². The molecule has 0 radical (unpaired) electrons. The van der Waals surface area contributed by atoms with Crippen molar-refractivity contribution in [3.63, 3.8) is 0 Å². The third-order valence-corrected chi connectivity index (χ3v) is 6.49. The number of carbonyl (C=O) groups excluding carboxylic acids is 1. The van der Waals surface area contributed by atoms with Crippen molar-refractivity contribution in [1.29, 1.82) is 0 Å². The van der Waals surface area contributed by atoms with E-state index in [1.165, 1.54) is 24.8 Å². The van der Waals surface area contributed by atoms with E-state index in [1.807, 2.05) is 6.20 Å². The van der Waals surface area contributed by atoms with E-state index in [2.05, 4.69) is 30.1 Å². The Labute approximate surface area is 124 Å². The van der Waals surface area contributed by atoms with Crippen LogP contribution in [0.3, 0.4) is 0 Å². The van der Waals surface area contributed by atoms with Crippen LogP contribution in [-0.4, -0.2) is 10.8 Å². The first-order chi connectivity index (χ1) is 10.3. The van der Waals surface area contributed by atoms with Gasteiger partial charge in [0.25, 0.3) is 0 Å². The molecular weight excluding hydrogens is 258 g/mol. The topological polar surface area (TPSA) is 32.9 Å². The molecule has 0 aliphatic heterocycles. The van der Waals surface area contributed by atoms with Gasteiger partial charge in [-0.1, -0.05) is 25.1 Å². The molecule has 3 saturated carbocycles. The largest absolute Gasteiger partial charge is 0.360 e. The van der Waals surface area contributed by atoms with E-state index in [1.54, 1.807) is 0 Å². The first-order valence-corrected chi connectivity index (χ1v) is 8.42. The SMILES string of the molecule is CCc1cccc2c(C(=O)C3C4C5CCC(C5)C34)c[nH]c12. The lowest BCUT2D eigenvalue weighted by molar-refractivity contribution is 0.0946. The Balaban J connectivity index is 1.53. The van der Waals surface area contributed by atoms with E-state index >= 15 is 0 Å². The fraction of sp³-hybridized carbons (Fsp3) is 0.526. The Kier molecular flexibility index (Phi) is 2.29. The number of hydrogen-bond acceptors (Lipinski definition) is 1. The molecule has 108 valence electrons. The molecule has 0 amide bonds. The van der Waals surface area contributed by atoms with Crippen LogP contribution in [0.15, 0.2) is 24.4 Å². The number of aromatic nitrogens is 1. The van der Waals surface area contributed by atoms with Gasteiger partial charge in [-0.25, -0.2) is 0 Å². The zero-order valence-electron chi connectivity index (χ0n) is 12.4. The van der Waals surface area contributed by atoms with Crippen molar-refractivity contribution in [1.82, 2.24) is 4.98 Å². The molecule has 2 bridgehead atoms. The fourth-order valence-corrected chi connectivity index (χ4v) is 5.57. The number of para-hydroxylation sites is 1. The molecule has 1 N–H and O–H groups in total. The predicted molar refractivity (Wildman–Crippen MR) is 83.3 cm³/mol. The highest BCUT2D eigenvalue weighted by Crippen LogP contribution is 2.70. The monoisotopic (exact) mass is 279 g/mol. The summed E-state index contributed by atoms with van der Waals surface area (Å²) in [6.45, 7) is 2.17. The smallest absolute Gasteiger partial charge is 0.168 e. The number of nitrogens with one attached hydrogen (secondary N) is 1. The minimum Gasteiger partial charge on any atom is -0.360 e. The third kappa shape index (κ3) is 1.46. The summed E-state index contributed by atoms with van der Waals surface area (Å²) in [5.74, 6) is 3.96. The molecule has 3 aliphatic carbocycles. The first-order valence-electron chi connectivity index (χ1n) is 8.42. The van der Waals surface area contributed by atoms with Crippen molar-refractivity contribution in [2.45, 2.75) is 32.6 Å². The van der Waals surface area contributed by atoms with Gasteiger partial charge in [0.1, 0.15) is 0 Å². The van der Waals surface area contributed by atoms with Gasteiger partial charge in [-0.05, 0) is 54.9 Å². The molecule has 1 aromatic carbocycles. The van der Waals surface area contributed by atoms with Crippen molar-refractivity contribution in [3.05, 3.63) is 35.5 Å². The van der Waals surface area contributed by atoms with E-state index in [9.17, 15) is 4.79 Å². The normalized spacial score (nSPS) is 36.1. The molecule has 4 atom stereocenters. The molecule has 1 heterocycles. The van der Waals surface area contributed by atoms with Gasteiger partial charge in [0.05, 0.1) is 0 Å². The zero-order chi connectivity index (χ0) is 14.1. The summed E-state index contributed by atoms with van der Waals surface area (Å²) in [6.07, 6.45) is 7.13. The second-order valence-electron chi connectivity index (χ2n) is 7.27. The summed E-state index contributed by atoms with van der Waals surface area (Å²) in [6, 6.07) is 6.34. The second-order valence-corrected chi connectivity index (χ2v) is 7.27. The second kappa shape index (κ2) is 4.00. The molecule has 2 nitrogen and oxygen atoms in total. The average Bonchev–Trinajstić information content (AvgIpc) is 2.85. The summed E-state index contributed by atoms with van der Waals surface area (Å²) in [4.78, 5) is 16.3. The number of fused-ring (bicyclic) bond motifs is 6. The molecule has 21 heavy (non-hydrogen) atoms. The van der Waals surface area contributed by atoms with Crippen molar-refractivity contribution < 1.29 is 4.79 Å². The van der Waals surface area contributed by atoms with E-state index in [0.29, 0.717) is 11.7 Å². The fourth-order valence-electron chi connectivity index (χ4n) is 5.57. The average molecular weight is 279 g/mol. The van der Waals surface area contributed by atoms with Crippen LogP contribution in [0, 0.1) is 29.6 Å². The van der Waals surface area contributed by atoms with Crippen molar-refractivity contribution in [3.8, 4) is 0 Å². The number of rotatable bonds is 3. The van der Waals surface area contributed by atoms with Crippen LogP contribution in [0.25, 0.3) is 10.9 Å². The van der Waals surface area contributed by atoms with Crippen LogP contribution in [0.5, 0.6) is 0 Å². The Hall–Kier alpha value is -1.57. The number of hydrogen-bond donors (Lipinski definition) is 1. The van der Waals surface area contributed by atoms with Gasteiger partial charge in [-0.2, -0.15) is 0 Å². The van der Waals surface area contributed by atoms with Crippen molar-refractivity contribution >= 4 is 16.7 Å². The van der Waals surface area contributed by atoms with Crippen molar-refractivity contribution in [2.24, 2.45) is 29.6 Å². The van der Waals surface area contributed by atoms with Crippen LogP contribution in [0.1, 0.15) is 42.1 Å². The molecule has 4 unspecified atom stereocenters.